The standard InChI is InChI=1S/C36H50N8O3/c1-27-14-16-29(17-15-27)40-33(24-32(37)36(2,3)4)42-35(45)41-31(28-10-6-5-7-11-28)13-9-21-47-30-12-8-18-39-43-34(38-25-30)26-44-19-22-46-23-20-44/h6,8,10-12,14-18,24,31,37,40H,5,7,9,13,19-23,25-26H2,1-4H3,(H2,41,42,45)/p+1. The number of morpholine rings is 1. The number of allylic oxidation sites excluding steroid dienone is 5. The van der Waals surface area contributed by atoms with Gasteiger partial charge in [-0.25, -0.2) is 4.79 Å². The molecular weight excluding hydrogens is 592 g/mol. The highest BCUT2D eigenvalue weighted by Crippen LogP contribution is 2.18. The Morgan fingerprint density at radius 1 is 1.19 bits per heavy atom. The normalized spacial score (nSPS) is 18.2. The van der Waals surface area contributed by atoms with Crippen molar-refractivity contribution in [3.05, 3.63) is 89.6 Å². The average molecular weight is 644 g/mol. The molecule has 252 valence electrons. The van der Waals surface area contributed by atoms with E-state index in [2.05, 4.69) is 49.0 Å². The van der Waals surface area contributed by atoms with E-state index in [0.717, 1.165) is 54.9 Å². The van der Waals surface area contributed by atoms with E-state index in [1.807, 2.05) is 69.4 Å². The number of ether oxygens (including phenoxy) is 2. The third-order valence-electron chi connectivity index (χ3n) is 7.92. The maximum absolute atomic E-state index is 13.4. The molecule has 1 aromatic rings. The van der Waals surface area contributed by atoms with Gasteiger partial charge in [0.05, 0.1) is 39.0 Å². The number of azo groups is 1. The lowest BCUT2D eigenvalue weighted by atomic mass is 9.90. The number of nitrogens with zero attached hydrogens (tertiary/aromatic N) is 4. The van der Waals surface area contributed by atoms with Crippen molar-refractivity contribution in [1.29, 1.82) is 5.41 Å². The van der Waals surface area contributed by atoms with Gasteiger partial charge in [0.1, 0.15) is 11.4 Å². The largest absolute Gasteiger partial charge is 0.496 e. The van der Waals surface area contributed by atoms with Crippen LogP contribution in [0.15, 0.2) is 99.3 Å². The van der Waals surface area contributed by atoms with Gasteiger partial charge in [-0.05, 0) is 62.5 Å². The number of rotatable bonds is 13. The van der Waals surface area contributed by atoms with Crippen molar-refractivity contribution in [2.75, 3.05) is 46.0 Å². The maximum atomic E-state index is 13.4. The zero-order valence-electron chi connectivity index (χ0n) is 28.3. The lowest BCUT2D eigenvalue weighted by molar-refractivity contribution is -0.522. The SMILES string of the molecule is Cc1ccc([NH2+]C(=CC(=N)C(C)(C)C)NC(=O)NC(CCCOC2=CC=CN=NC(CN3CCOCC3)=NC2)C2=CCCC=C2)cc1. The predicted molar refractivity (Wildman–Crippen MR) is 187 cm³/mol. The van der Waals surface area contributed by atoms with E-state index in [9.17, 15) is 4.79 Å². The van der Waals surface area contributed by atoms with Crippen molar-refractivity contribution >= 4 is 23.3 Å². The maximum Gasteiger partial charge on any atom is 0.323 e. The zero-order valence-corrected chi connectivity index (χ0v) is 28.3. The quantitative estimate of drug-likeness (QED) is 0.129. The molecule has 2 aliphatic heterocycles. The molecular formula is C36H51N8O3+. The van der Waals surface area contributed by atoms with Crippen molar-refractivity contribution in [3.63, 3.8) is 0 Å². The fourth-order valence-electron chi connectivity index (χ4n) is 5.04. The number of aliphatic imine (C=N–C) groups is 1. The number of urea groups is 1. The molecule has 2 amide bonds. The Morgan fingerprint density at radius 3 is 2.70 bits per heavy atom. The van der Waals surface area contributed by atoms with E-state index < -0.39 is 0 Å². The van der Waals surface area contributed by atoms with Gasteiger partial charge in [-0.15, -0.1) is 5.11 Å². The van der Waals surface area contributed by atoms with E-state index in [1.165, 1.54) is 0 Å². The summed E-state index contributed by atoms with van der Waals surface area (Å²) in [4.78, 5) is 20.4. The first-order valence-corrected chi connectivity index (χ1v) is 16.5. The van der Waals surface area contributed by atoms with Gasteiger partial charge in [0.15, 0.2) is 5.84 Å². The minimum absolute atomic E-state index is 0.192. The number of aryl methyl sites for hydroxylation is 1. The number of benzene rings is 1. The van der Waals surface area contributed by atoms with Crippen LogP contribution in [0.1, 0.15) is 52.0 Å². The molecule has 47 heavy (non-hydrogen) atoms. The Balaban J connectivity index is 1.36. The van der Waals surface area contributed by atoms with Gasteiger partial charge in [-0.3, -0.25) is 20.5 Å². The van der Waals surface area contributed by atoms with Crippen LogP contribution in [-0.2, 0) is 9.47 Å². The fraction of sp³-hybridized carbons (Fsp3) is 0.472. The summed E-state index contributed by atoms with van der Waals surface area (Å²) in [5, 5.41) is 25.1. The summed E-state index contributed by atoms with van der Waals surface area (Å²) < 4.78 is 11.6. The number of quaternary nitrogens is 1. The first kappa shape index (κ1) is 35.7. The molecule has 1 saturated heterocycles. The summed E-state index contributed by atoms with van der Waals surface area (Å²) >= 11 is 0. The molecule has 11 heteroatoms. The third-order valence-corrected chi connectivity index (χ3v) is 7.92. The number of amidine groups is 1. The smallest absolute Gasteiger partial charge is 0.323 e. The van der Waals surface area contributed by atoms with E-state index in [4.69, 9.17) is 14.9 Å². The van der Waals surface area contributed by atoms with Crippen molar-refractivity contribution in [2.24, 2.45) is 20.6 Å². The zero-order chi connectivity index (χ0) is 33.5. The molecule has 1 fully saturated rings. The van der Waals surface area contributed by atoms with Crippen LogP contribution in [0.5, 0.6) is 0 Å². The Kier molecular flexibility index (Phi) is 13.8. The monoisotopic (exact) mass is 643 g/mol. The molecule has 2 heterocycles. The molecule has 0 radical (unpaired) electrons. The van der Waals surface area contributed by atoms with Crippen molar-refractivity contribution in [2.45, 2.75) is 59.4 Å². The number of nitrogens with two attached hydrogens (primary N) is 1. The summed E-state index contributed by atoms with van der Waals surface area (Å²) in [7, 11) is 0. The molecule has 5 N–H and O–H groups in total. The van der Waals surface area contributed by atoms with E-state index in [-0.39, 0.29) is 17.5 Å². The molecule has 4 rings (SSSR count). The van der Waals surface area contributed by atoms with Gasteiger partial charge in [-0.1, -0.05) is 56.7 Å². The molecule has 1 aliphatic carbocycles. The Bertz CT molecular complexity index is 1420. The van der Waals surface area contributed by atoms with Crippen LogP contribution in [0.3, 0.4) is 0 Å². The molecule has 0 saturated carbocycles. The molecule has 0 bridgehead atoms. The summed E-state index contributed by atoms with van der Waals surface area (Å²) in [6, 6.07) is 7.57. The van der Waals surface area contributed by atoms with Gasteiger partial charge in [-0.2, -0.15) is 5.11 Å². The van der Waals surface area contributed by atoms with Crippen molar-refractivity contribution < 1.29 is 19.6 Å². The third kappa shape index (κ3) is 12.8. The van der Waals surface area contributed by atoms with E-state index in [0.29, 0.717) is 56.7 Å². The number of amides is 2. The second-order valence-electron chi connectivity index (χ2n) is 13.0. The van der Waals surface area contributed by atoms with Crippen molar-refractivity contribution in [3.8, 4) is 0 Å². The molecule has 3 aliphatic rings. The highest BCUT2D eigenvalue weighted by atomic mass is 16.5. The first-order valence-electron chi connectivity index (χ1n) is 16.5. The highest BCUT2D eigenvalue weighted by molar-refractivity contribution is 5.97. The van der Waals surface area contributed by atoms with Crippen LogP contribution in [0.25, 0.3) is 0 Å². The topological polar surface area (TPSA) is 140 Å². The summed E-state index contributed by atoms with van der Waals surface area (Å²) in [6.45, 7) is 12.6. The average Bonchev–Trinajstić information content (AvgIpc) is 3.16. The molecule has 0 spiro atoms. The Hall–Kier alpha value is -4.19. The number of carbonyl (C=O) groups excluding carboxylic acids is 1. The Labute approximate surface area is 279 Å². The molecule has 1 aromatic carbocycles. The molecule has 1 unspecified atom stereocenters. The van der Waals surface area contributed by atoms with Gasteiger partial charge in [0.25, 0.3) is 0 Å². The predicted octanol–water partition coefficient (Wildman–Crippen LogP) is 5.43. The molecule has 11 nitrogen and oxygen atoms in total. The molecule has 1 atom stereocenters. The summed E-state index contributed by atoms with van der Waals surface area (Å²) in [5.41, 5.74) is 3.27. The van der Waals surface area contributed by atoms with Crippen LogP contribution < -0.4 is 16.0 Å². The Morgan fingerprint density at radius 2 is 1.98 bits per heavy atom. The lowest BCUT2D eigenvalue weighted by Gasteiger charge is -2.25. The van der Waals surface area contributed by atoms with E-state index in [1.54, 1.807) is 12.3 Å². The fourth-order valence-corrected chi connectivity index (χ4v) is 5.04. The van der Waals surface area contributed by atoms with Crippen LogP contribution >= 0.6 is 0 Å². The summed E-state index contributed by atoms with van der Waals surface area (Å²) in [5.74, 6) is 1.98. The number of nitrogens with one attached hydrogen (secondary N) is 3. The van der Waals surface area contributed by atoms with Gasteiger partial charge < -0.3 is 20.2 Å². The number of carbonyl (C=O) groups is 1. The van der Waals surface area contributed by atoms with Crippen LogP contribution in [-0.4, -0.2) is 74.5 Å². The van der Waals surface area contributed by atoms with Gasteiger partial charge >= 0.3 is 6.03 Å². The van der Waals surface area contributed by atoms with E-state index >= 15 is 0 Å². The number of hydrogen-bond acceptors (Lipinski definition) is 8. The van der Waals surface area contributed by atoms with Gasteiger partial charge in [0.2, 0.25) is 5.82 Å². The minimum atomic E-state index is -0.356. The number of hydrogen-bond donors (Lipinski definition) is 4. The van der Waals surface area contributed by atoms with Gasteiger partial charge in [0, 0.05) is 36.5 Å². The van der Waals surface area contributed by atoms with Crippen LogP contribution in [0, 0.1) is 17.7 Å². The highest BCUT2D eigenvalue weighted by Gasteiger charge is 2.21. The second kappa shape index (κ2) is 18.2. The van der Waals surface area contributed by atoms with Crippen LogP contribution in [0.4, 0.5) is 10.5 Å². The second-order valence-corrected chi connectivity index (χ2v) is 13.0. The van der Waals surface area contributed by atoms with Crippen LogP contribution in [0.2, 0.25) is 0 Å². The summed E-state index contributed by atoms with van der Waals surface area (Å²) in [6.07, 6.45) is 16.9. The minimum Gasteiger partial charge on any atom is -0.496 e. The molecule has 0 aromatic heterocycles. The first-order chi connectivity index (χ1) is 22.7. The van der Waals surface area contributed by atoms with Crippen molar-refractivity contribution in [1.82, 2.24) is 15.5 Å². The lowest BCUT2D eigenvalue weighted by Crippen LogP contribution is -2.79.